The van der Waals surface area contributed by atoms with Gasteiger partial charge in [0.15, 0.2) is 0 Å². The Morgan fingerprint density at radius 2 is 2.00 bits per heavy atom. The average Bonchev–Trinajstić information content (AvgIpc) is 2.91. The van der Waals surface area contributed by atoms with E-state index in [9.17, 15) is 0 Å². The van der Waals surface area contributed by atoms with E-state index in [-0.39, 0.29) is 0 Å². The molecule has 0 spiro atoms. The molecule has 2 heterocycles. The van der Waals surface area contributed by atoms with Crippen molar-refractivity contribution in [2.45, 2.75) is 13.0 Å². The Labute approximate surface area is 119 Å². The maximum Gasteiger partial charge on any atom is 0.0992 e. The Hall–Kier alpha value is -1.83. The number of nitrogens with zero attached hydrogens (tertiary/aromatic N) is 3. The van der Waals surface area contributed by atoms with E-state index in [0.717, 1.165) is 56.9 Å². The van der Waals surface area contributed by atoms with Crippen molar-refractivity contribution in [3.63, 3.8) is 0 Å². The SMILES string of the molecule is N#Cc1ccc2ccn(CCCN3CCOCC3)c2c1. The van der Waals surface area contributed by atoms with Gasteiger partial charge in [-0.05, 0) is 30.0 Å². The lowest BCUT2D eigenvalue weighted by atomic mass is 10.2. The van der Waals surface area contributed by atoms with E-state index in [2.05, 4.69) is 27.8 Å². The summed E-state index contributed by atoms with van der Waals surface area (Å²) in [5.41, 5.74) is 1.89. The molecule has 1 fully saturated rings. The maximum atomic E-state index is 8.99. The van der Waals surface area contributed by atoms with E-state index in [1.165, 1.54) is 5.39 Å². The molecule has 20 heavy (non-hydrogen) atoms. The van der Waals surface area contributed by atoms with Gasteiger partial charge in [-0.3, -0.25) is 4.90 Å². The zero-order valence-corrected chi connectivity index (χ0v) is 11.6. The predicted octanol–water partition coefficient (Wildman–Crippen LogP) is 2.24. The van der Waals surface area contributed by atoms with Gasteiger partial charge in [-0.2, -0.15) is 5.26 Å². The molecule has 0 unspecified atom stereocenters. The second kappa shape index (κ2) is 6.08. The lowest BCUT2D eigenvalue weighted by Gasteiger charge is -2.26. The zero-order valence-electron chi connectivity index (χ0n) is 11.6. The molecule has 4 nitrogen and oxygen atoms in total. The summed E-state index contributed by atoms with van der Waals surface area (Å²) >= 11 is 0. The van der Waals surface area contributed by atoms with Crippen LogP contribution in [-0.4, -0.2) is 42.3 Å². The summed E-state index contributed by atoms with van der Waals surface area (Å²) in [6.07, 6.45) is 3.24. The van der Waals surface area contributed by atoms with Gasteiger partial charge in [-0.1, -0.05) is 6.07 Å². The first-order chi connectivity index (χ1) is 9.86. The number of nitriles is 1. The molecule has 0 aliphatic carbocycles. The van der Waals surface area contributed by atoms with Crippen LogP contribution in [0, 0.1) is 11.3 Å². The van der Waals surface area contributed by atoms with Gasteiger partial charge in [0.25, 0.3) is 0 Å². The van der Waals surface area contributed by atoms with Crippen molar-refractivity contribution in [1.82, 2.24) is 9.47 Å². The van der Waals surface area contributed by atoms with Crippen LogP contribution in [0.2, 0.25) is 0 Å². The van der Waals surface area contributed by atoms with Gasteiger partial charge >= 0.3 is 0 Å². The van der Waals surface area contributed by atoms with Crippen LogP contribution in [0.5, 0.6) is 0 Å². The van der Waals surface area contributed by atoms with Crippen molar-refractivity contribution in [3.05, 3.63) is 36.0 Å². The summed E-state index contributed by atoms with van der Waals surface area (Å²) < 4.78 is 7.60. The molecule has 4 heteroatoms. The monoisotopic (exact) mass is 269 g/mol. The van der Waals surface area contributed by atoms with Crippen LogP contribution in [0.3, 0.4) is 0 Å². The van der Waals surface area contributed by atoms with Gasteiger partial charge in [0.2, 0.25) is 0 Å². The van der Waals surface area contributed by atoms with Crippen molar-refractivity contribution >= 4 is 10.9 Å². The minimum absolute atomic E-state index is 0.727. The first-order valence-electron chi connectivity index (χ1n) is 7.16. The average molecular weight is 269 g/mol. The molecule has 1 aromatic carbocycles. The van der Waals surface area contributed by atoms with Gasteiger partial charge in [-0.15, -0.1) is 0 Å². The topological polar surface area (TPSA) is 41.2 Å². The molecule has 1 aliphatic rings. The highest BCUT2D eigenvalue weighted by molar-refractivity contribution is 5.81. The van der Waals surface area contributed by atoms with Crippen LogP contribution in [0.15, 0.2) is 30.5 Å². The summed E-state index contributed by atoms with van der Waals surface area (Å²) in [5, 5.41) is 10.2. The maximum absolute atomic E-state index is 8.99. The summed E-state index contributed by atoms with van der Waals surface area (Å²) in [6, 6.07) is 10.2. The van der Waals surface area contributed by atoms with Gasteiger partial charge in [-0.25, -0.2) is 0 Å². The standard InChI is InChI=1S/C16H19N3O/c17-13-14-2-3-15-4-7-19(16(15)12-14)6-1-5-18-8-10-20-11-9-18/h2-4,7,12H,1,5-6,8-11H2. The van der Waals surface area contributed by atoms with Gasteiger partial charge in [0.1, 0.15) is 0 Å². The lowest BCUT2D eigenvalue weighted by Crippen LogP contribution is -2.37. The smallest absolute Gasteiger partial charge is 0.0992 e. The fraction of sp³-hybridized carbons (Fsp3) is 0.438. The van der Waals surface area contributed by atoms with Crippen LogP contribution in [0.1, 0.15) is 12.0 Å². The Bertz CT molecular complexity index is 620. The van der Waals surface area contributed by atoms with Crippen molar-refractivity contribution < 1.29 is 4.74 Å². The van der Waals surface area contributed by atoms with Crippen molar-refractivity contribution in [3.8, 4) is 6.07 Å². The highest BCUT2D eigenvalue weighted by atomic mass is 16.5. The molecule has 3 rings (SSSR count). The third kappa shape index (κ3) is 2.84. The molecule has 104 valence electrons. The first kappa shape index (κ1) is 13.2. The van der Waals surface area contributed by atoms with Crippen molar-refractivity contribution in [2.24, 2.45) is 0 Å². The molecular weight excluding hydrogens is 250 g/mol. The van der Waals surface area contributed by atoms with Crippen molar-refractivity contribution in [1.29, 1.82) is 5.26 Å². The van der Waals surface area contributed by atoms with Crippen LogP contribution in [-0.2, 0) is 11.3 Å². The zero-order chi connectivity index (χ0) is 13.8. The molecule has 2 aromatic rings. The Kier molecular flexibility index (Phi) is 4.00. The van der Waals surface area contributed by atoms with Gasteiger partial charge in [0.05, 0.1) is 24.8 Å². The number of hydrogen-bond acceptors (Lipinski definition) is 3. The molecule has 1 aromatic heterocycles. The number of ether oxygens (including phenoxy) is 1. The number of aryl methyl sites for hydroxylation is 1. The number of morpholine rings is 1. The minimum Gasteiger partial charge on any atom is -0.379 e. The summed E-state index contributed by atoms with van der Waals surface area (Å²) in [4.78, 5) is 2.45. The molecule has 0 N–H and O–H groups in total. The Balaban J connectivity index is 1.63. The van der Waals surface area contributed by atoms with Crippen molar-refractivity contribution in [2.75, 3.05) is 32.8 Å². The van der Waals surface area contributed by atoms with E-state index in [0.29, 0.717) is 0 Å². The third-order valence-electron chi connectivity index (χ3n) is 3.88. The molecular formula is C16H19N3O. The van der Waals surface area contributed by atoms with E-state index in [1.807, 2.05) is 18.2 Å². The van der Waals surface area contributed by atoms with Crippen LogP contribution < -0.4 is 0 Å². The molecule has 1 saturated heterocycles. The quantitative estimate of drug-likeness (QED) is 0.854. The fourth-order valence-corrected chi connectivity index (χ4v) is 2.74. The number of hydrogen-bond donors (Lipinski definition) is 0. The van der Waals surface area contributed by atoms with E-state index in [4.69, 9.17) is 10.00 Å². The molecule has 1 aliphatic heterocycles. The largest absolute Gasteiger partial charge is 0.379 e. The highest BCUT2D eigenvalue weighted by Gasteiger charge is 2.09. The Morgan fingerprint density at radius 3 is 2.80 bits per heavy atom. The molecule has 0 atom stereocenters. The fourth-order valence-electron chi connectivity index (χ4n) is 2.74. The summed E-state index contributed by atoms with van der Waals surface area (Å²) in [6.45, 7) is 5.92. The second-order valence-corrected chi connectivity index (χ2v) is 5.20. The number of fused-ring (bicyclic) bond motifs is 1. The third-order valence-corrected chi connectivity index (χ3v) is 3.88. The summed E-state index contributed by atoms with van der Waals surface area (Å²) in [5.74, 6) is 0. The lowest BCUT2D eigenvalue weighted by molar-refractivity contribution is 0.0370. The minimum atomic E-state index is 0.727. The molecule has 0 amide bonds. The second-order valence-electron chi connectivity index (χ2n) is 5.20. The molecule has 0 bridgehead atoms. The van der Waals surface area contributed by atoms with E-state index < -0.39 is 0 Å². The summed E-state index contributed by atoms with van der Waals surface area (Å²) in [7, 11) is 0. The molecule has 0 saturated carbocycles. The highest BCUT2D eigenvalue weighted by Crippen LogP contribution is 2.18. The van der Waals surface area contributed by atoms with E-state index in [1.54, 1.807) is 0 Å². The number of benzene rings is 1. The van der Waals surface area contributed by atoms with Gasteiger partial charge < -0.3 is 9.30 Å². The predicted molar refractivity (Wildman–Crippen MR) is 78.5 cm³/mol. The van der Waals surface area contributed by atoms with E-state index >= 15 is 0 Å². The van der Waals surface area contributed by atoms with Crippen LogP contribution >= 0.6 is 0 Å². The Morgan fingerprint density at radius 1 is 1.15 bits per heavy atom. The van der Waals surface area contributed by atoms with Gasteiger partial charge in [0, 0.05) is 37.9 Å². The van der Waals surface area contributed by atoms with Crippen LogP contribution in [0.4, 0.5) is 0 Å². The van der Waals surface area contributed by atoms with Crippen LogP contribution in [0.25, 0.3) is 10.9 Å². The molecule has 0 radical (unpaired) electrons. The number of rotatable bonds is 4. The first-order valence-corrected chi connectivity index (χ1v) is 7.16. The normalized spacial score (nSPS) is 16.4. The number of aromatic nitrogens is 1.